The molecule has 1 N–H and O–H groups in total. The van der Waals surface area contributed by atoms with Crippen LogP contribution < -0.4 is 0 Å². The number of hydrogen-bond acceptors (Lipinski definition) is 5. The number of nitrogens with zero attached hydrogens (tertiary/aromatic N) is 3. The monoisotopic (exact) mass is 318 g/mol. The smallest absolute Gasteiger partial charge is 0.266 e. The van der Waals surface area contributed by atoms with Gasteiger partial charge in [-0.2, -0.15) is 11.3 Å². The predicted molar refractivity (Wildman–Crippen MR) is 84.5 cm³/mol. The highest BCUT2D eigenvalue weighted by atomic mass is 32.1. The second kappa shape index (κ2) is 5.79. The Balaban J connectivity index is 1.81. The number of rotatable bonds is 4. The number of nitrogens with one attached hydrogen (secondary N) is 1. The van der Waals surface area contributed by atoms with Gasteiger partial charge in [0.25, 0.3) is 5.91 Å². The normalized spacial score (nSPS) is 10.8. The van der Waals surface area contributed by atoms with Crippen molar-refractivity contribution >= 4 is 28.6 Å². The molecule has 3 heterocycles. The Morgan fingerprint density at radius 1 is 1.48 bits per heavy atom. The van der Waals surface area contributed by atoms with Crippen molar-refractivity contribution in [1.82, 2.24) is 19.9 Å². The molecule has 21 heavy (non-hydrogen) atoms. The SMILES string of the molecule is Cc1nc(-c2ccsc2)sc1C(=O)N(C)Cc1ncc[nH]1. The number of thiophene rings is 1. The number of aryl methyl sites for hydroxylation is 1. The molecule has 0 aliphatic heterocycles. The van der Waals surface area contributed by atoms with Gasteiger partial charge in [-0.1, -0.05) is 0 Å². The van der Waals surface area contributed by atoms with Crippen LogP contribution in [0, 0.1) is 6.92 Å². The molecule has 0 unspecified atom stereocenters. The van der Waals surface area contributed by atoms with E-state index < -0.39 is 0 Å². The van der Waals surface area contributed by atoms with Crippen molar-refractivity contribution in [3.05, 3.63) is 45.6 Å². The van der Waals surface area contributed by atoms with Gasteiger partial charge in [-0.15, -0.1) is 11.3 Å². The van der Waals surface area contributed by atoms with Crippen LogP contribution in [0.25, 0.3) is 10.6 Å². The van der Waals surface area contributed by atoms with E-state index in [2.05, 4.69) is 15.0 Å². The Hall–Kier alpha value is -1.99. The van der Waals surface area contributed by atoms with Crippen molar-refractivity contribution in [3.8, 4) is 10.6 Å². The highest BCUT2D eigenvalue weighted by Crippen LogP contribution is 2.30. The molecular formula is C14H14N4OS2. The van der Waals surface area contributed by atoms with E-state index in [1.54, 1.807) is 35.7 Å². The number of carbonyl (C=O) groups is 1. The van der Waals surface area contributed by atoms with Gasteiger partial charge in [-0.25, -0.2) is 9.97 Å². The number of aromatic nitrogens is 3. The summed E-state index contributed by atoms with van der Waals surface area (Å²) in [4.78, 5) is 26.5. The molecule has 108 valence electrons. The number of hydrogen-bond donors (Lipinski definition) is 1. The Morgan fingerprint density at radius 2 is 2.33 bits per heavy atom. The van der Waals surface area contributed by atoms with Gasteiger partial charge in [-0.05, 0) is 18.4 Å². The summed E-state index contributed by atoms with van der Waals surface area (Å²) in [7, 11) is 1.77. The van der Waals surface area contributed by atoms with Crippen LogP contribution in [0.5, 0.6) is 0 Å². The molecule has 0 saturated carbocycles. The highest BCUT2D eigenvalue weighted by molar-refractivity contribution is 7.17. The molecule has 3 rings (SSSR count). The first kappa shape index (κ1) is 14.0. The van der Waals surface area contributed by atoms with Gasteiger partial charge in [0.1, 0.15) is 15.7 Å². The summed E-state index contributed by atoms with van der Waals surface area (Å²) in [6, 6.07) is 2.02. The maximum Gasteiger partial charge on any atom is 0.266 e. The molecule has 0 aromatic carbocycles. The second-order valence-electron chi connectivity index (χ2n) is 4.64. The fraction of sp³-hybridized carbons (Fsp3) is 0.214. The molecule has 0 fully saturated rings. The van der Waals surface area contributed by atoms with E-state index in [0.29, 0.717) is 11.4 Å². The van der Waals surface area contributed by atoms with E-state index in [-0.39, 0.29) is 5.91 Å². The molecule has 0 bridgehead atoms. The number of carbonyl (C=O) groups excluding carboxylic acids is 1. The van der Waals surface area contributed by atoms with Crippen LogP contribution in [-0.4, -0.2) is 32.8 Å². The maximum atomic E-state index is 12.5. The van der Waals surface area contributed by atoms with Crippen LogP contribution in [0.3, 0.4) is 0 Å². The molecule has 0 atom stereocenters. The van der Waals surface area contributed by atoms with Gasteiger partial charge in [0.15, 0.2) is 0 Å². The van der Waals surface area contributed by atoms with E-state index in [4.69, 9.17) is 0 Å². The lowest BCUT2D eigenvalue weighted by Gasteiger charge is -2.14. The Labute approximate surface area is 130 Å². The third-order valence-corrected chi connectivity index (χ3v) is 4.93. The third kappa shape index (κ3) is 2.88. The average Bonchev–Trinajstić information content (AvgIpc) is 3.18. The predicted octanol–water partition coefficient (Wildman–Crippen LogP) is 3.18. The van der Waals surface area contributed by atoms with Crippen molar-refractivity contribution in [2.45, 2.75) is 13.5 Å². The van der Waals surface area contributed by atoms with Crippen molar-refractivity contribution in [2.75, 3.05) is 7.05 Å². The Kier molecular flexibility index (Phi) is 3.85. The van der Waals surface area contributed by atoms with Gasteiger partial charge >= 0.3 is 0 Å². The zero-order valence-electron chi connectivity index (χ0n) is 11.7. The summed E-state index contributed by atoms with van der Waals surface area (Å²) >= 11 is 3.07. The molecule has 0 aliphatic rings. The zero-order chi connectivity index (χ0) is 14.8. The van der Waals surface area contributed by atoms with Gasteiger partial charge in [0, 0.05) is 30.4 Å². The fourth-order valence-electron chi connectivity index (χ4n) is 1.96. The lowest BCUT2D eigenvalue weighted by atomic mass is 10.3. The molecule has 3 aromatic rings. The van der Waals surface area contributed by atoms with Crippen molar-refractivity contribution in [3.63, 3.8) is 0 Å². The first-order valence-corrected chi connectivity index (χ1v) is 8.15. The summed E-state index contributed by atoms with van der Waals surface area (Å²) in [5.41, 5.74) is 1.85. The topological polar surface area (TPSA) is 61.9 Å². The number of aromatic amines is 1. The second-order valence-corrected chi connectivity index (χ2v) is 6.42. The number of imidazole rings is 1. The minimum atomic E-state index is -0.0251. The number of thiazole rings is 1. The lowest BCUT2D eigenvalue weighted by Crippen LogP contribution is -2.26. The molecule has 1 amide bonds. The zero-order valence-corrected chi connectivity index (χ0v) is 13.3. The first-order valence-electron chi connectivity index (χ1n) is 6.39. The van der Waals surface area contributed by atoms with Crippen LogP contribution in [-0.2, 0) is 6.54 Å². The number of amides is 1. The van der Waals surface area contributed by atoms with E-state index in [9.17, 15) is 4.79 Å². The van der Waals surface area contributed by atoms with Gasteiger partial charge in [0.2, 0.25) is 0 Å². The fourth-order valence-corrected chi connectivity index (χ4v) is 3.73. The summed E-state index contributed by atoms with van der Waals surface area (Å²) in [5, 5.41) is 4.94. The maximum absolute atomic E-state index is 12.5. The Bertz CT molecular complexity index is 731. The third-order valence-electron chi connectivity index (χ3n) is 3.05. The lowest BCUT2D eigenvalue weighted by molar-refractivity contribution is 0.0785. The van der Waals surface area contributed by atoms with Crippen LogP contribution in [0.4, 0.5) is 0 Å². The molecule has 3 aromatic heterocycles. The molecule has 0 saturated heterocycles. The van der Waals surface area contributed by atoms with E-state index >= 15 is 0 Å². The summed E-state index contributed by atoms with van der Waals surface area (Å²) in [6.45, 7) is 2.33. The van der Waals surface area contributed by atoms with Crippen LogP contribution in [0.2, 0.25) is 0 Å². The summed E-state index contributed by atoms with van der Waals surface area (Å²) in [5.74, 6) is 0.744. The largest absolute Gasteiger partial charge is 0.347 e. The van der Waals surface area contributed by atoms with Crippen LogP contribution in [0.1, 0.15) is 21.2 Å². The van der Waals surface area contributed by atoms with Gasteiger partial charge < -0.3 is 9.88 Å². The molecule has 0 aliphatic carbocycles. The molecule has 5 nitrogen and oxygen atoms in total. The van der Waals surface area contributed by atoms with Crippen molar-refractivity contribution in [2.24, 2.45) is 0 Å². The van der Waals surface area contributed by atoms with Crippen LogP contribution in [0.15, 0.2) is 29.2 Å². The van der Waals surface area contributed by atoms with E-state index in [1.165, 1.54) is 11.3 Å². The van der Waals surface area contributed by atoms with Crippen molar-refractivity contribution < 1.29 is 4.79 Å². The molecular weight excluding hydrogens is 304 g/mol. The quantitative estimate of drug-likeness (QED) is 0.803. The molecule has 0 spiro atoms. The minimum absolute atomic E-state index is 0.0251. The average molecular weight is 318 g/mol. The van der Waals surface area contributed by atoms with Gasteiger partial charge in [0.05, 0.1) is 12.2 Å². The number of H-pyrrole nitrogens is 1. The summed E-state index contributed by atoms with van der Waals surface area (Å²) in [6.07, 6.45) is 3.43. The van der Waals surface area contributed by atoms with Crippen molar-refractivity contribution in [1.29, 1.82) is 0 Å². The van der Waals surface area contributed by atoms with E-state index in [0.717, 1.165) is 22.1 Å². The minimum Gasteiger partial charge on any atom is -0.347 e. The van der Waals surface area contributed by atoms with Gasteiger partial charge in [-0.3, -0.25) is 4.79 Å². The summed E-state index contributed by atoms with van der Waals surface area (Å²) < 4.78 is 0. The standard InChI is InChI=1S/C14H14N4OS2/c1-9-12(21-13(17-9)10-3-6-20-8-10)14(19)18(2)7-11-15-4-5-16-11/h3-6,8H,7H2,1-2H3,(H,15,16). The molecule has 0 radical (unpaired) electrons. The molecule has 7 heteroatoms. The highest BCUT2D eigenvalue weighted by Gasteiger charge is 2.20. The Morgan fingerprint density at radius 3 is 3.00 bits per heavy atom. The van der Waals surface area contributed by atoms with Crippen LogP contribution >= 0.6 is 22.7 Å². The van der Waals surface area contributed by atoms with E-state index in [1.807, 2.05) is 23.8 Å². The first-order chi connectivity index (χ1) is 10.1.